The highest BCUT2D eigenvalue weighted by molar-refractivity contribution is 7.99. The number of aromatic nitrogens is 3. The summed E-state index contributed by atoms with van der Waals surface area (Å²) in [5, 5.41) is 6.34. The maximum atomic E-state index is 12.7. The lowest BCUT2D eigenvalue weighted by molar-refractivity contribution is -0.139. The SMILES string of the molecule is Nc1ccc(Sc2ncn[nH]2)c(C(F)(F)F)c1. The first-order valence-electron chi connectivity index (χ1n) is 4.47. The van der Waals surface area contributed by atoms with Crippen LogP contribution in [0.5, 0.6) is 0 Å². The second kappa shape index (κ2) is 4.28. The van der Waals surface area contributed by atoms with Crippen LogP contribution in [0, 0.1) is 0 Å². The number of anilines is 1. The Balaban J connectivity index is 2.40. The van der Waals surface area contributed by atoms with Crippen LogP contribution in [0.25, 0.3) is 0 Å². The summed E-state index contributed by atoms with van der Waals surface area (Å²) >= 11 is 0.852. The minimum Gasteiger partial charge on any atom is -0.399 e. The van der Waals surface area contributed by atoms with Crippen LogP contribution in [0.2, 0.25) is 0 Å². The third-order valence-corrected chi connectivity index (χ3v) is 2.87. The van der Waals surface area contributed by atoms with Crippen molar-refractivity contribution in [3.8, 4) is 0 Å². The number of hydrogen-bond donors (Lipinski definition) is 2. The lowest BCUT2D eigenvalue weighted by Crippen LogP contribution is -2.07. The van der Waals surface area contributed by atoms with Gasteiger partial charge in [0, 0.05) is 10.6 Å². The number of benzene rings is 1. The van der Waals surface area contributed by atoms with Crippen LogP contribution >= 0.6 is 11.8 Å². The average Bonchev–Trinajstić information content (AvgIpc) is 2.72. The topological polar surface area (TPSA) is 67.6 Å². The molecule has 90 valence electrons. The van der Waals surface area contributed by atoms with Gasteiger partial charge in [-0.25, -0.2) is 4.98 Å². The third-order valence-electron chi connectivity index (χ3n) is 1.91. The molecule has 0 aliphatic carbocycles. The first-order chi connectivity index (χ1) is 7.97. The number of nitrogens with zero attached hydrogens (tertiary/aromatic N) is 2. The van der Waals surface area contributed by atoms with Gasteiger partial charge in [0.1, 0.15) is 6.33 Å². The van der Waals surface area contributed by atoms with Gasteiger partial charge in [-0.1, -0.05) is 0 Å². The molecule has 0 radical (unpaired) electrons. The number of rotatable bonds is 2. The molecule has 0 aliphatic heterocycles. The van der Waals surface area contributed by atoms with Crippen molar-refractivity contribution in [2.75, 3.05) is 5.73 Å². The predicted octanol–water partition coefficient (Wildman–Crippen LogP) is 2.56. The number of hydrogen-bond acceptors (Lipinski definition) is 4. The van der Waals surface area contributed by atoms with Crippen molar-refractivity contribution in [2.24, 2.45) is 0 Å². The largest absolute Gasteiger partial charge is 0.417 e. The maximum Gasteiger partial charge on any atom is 0.417 e. The number of nitrogens with two attached hydrogens (primary N) is 1. The highest BCUT2D eigenvalue weighted by Gasteiger charge is 2.34. The summed E-state index contributed by atoms with van der Waals surface area (Å²) in [6.07, 6.45) is -3.22. The van der Waals surface area contributed by atoms with Gasteiger partial charge in [0.15, 0.2) is 5.16 Å². The zero-order valence-corrected chi connectivity index (χ0v) is 9.14. The molecule has 0 spiro atoms. The van der Waals surface area contributed by atoms with Crippen molar-refractivity contribution in [3.05, 3.63) is 30.1 Å². The summed E-state index contributed by atoms with van der Waals surface area (Å²) in [6, 6.07) is 3.62. The fourth-order valence-corrected chi connectivity index (χ4v) is 2.03. The molecular formula is C9H7F3N4S. The number of alkyl halides is 3. The van der Waals surface area contributed by atoms with E-state index in [1.807, 2.05) is 0 Å². The summed E-state index contributed by atoms with van der Waals surface area (Å²) < 4.78 is 38.2. The highest BCUT2D eigenvalue weighted by atomic mass is 32.2. The average molecular weight is 260 g/mol. The number of nitrogens with one attached hydrogen (secondary N) is 1. The first-order valence-corrected chi connectivity index (χ1v) is 5.28. The fourth-order valence-electron chi connectivity index (χ4n) is 1.21. The van der Waals surface area contributed by atoms with E-state index in [0.29, 0.717) is 5.16 Å². The van der Waals surface area contributed by atoms with Gasteiger partial charge >= 0.3 is 6.18 Å². The van der Waals surface area contributed by atoms with Crippen molar-refractivity contribution < 1.29 is 13.2 Å². The van der Waals surface area contributed by atoms with Crippen molar-refractivity contribution in [1.82, 2.24) is 15.2 Å². The van der Waals surface area contributed by atoms with Crippen LogP contribution in [0.15, 0.2) is 34.6 Å². The summed E-state index contributed by atoms with van der Waals surface area (Å²) in [4.78, 5) is 3.79. The molecule has 0 bridgehead atoms. The Morgan fingerprint density at radius 3 is 2.65 bits per heavy atom. The second-order valence-electron chi connectivity index (χ2n) is 3.15. The Morgan fingerprint density at radius 2 is 2.06 bits per heavy atom. The lowest BCUT2D eigenvalue weighted by Gasteiger charge is -2.11. The van der Waals surface area contributed by atoms with E-state index in [2.05, 4.69) is 15.2 Å². The molecule has 0 amide bonds. The van der Waals surface area contributed by atoms with E-state index in [1.165, 1.54) is 18.5 Å². The van der Waals surface area contributed by atoms with E-state index in [1.54, 1.807) is 0 Å². The molecule has 8 heteroatoms. The summed E-state index contributed by atoms with van der Waals surface area (Å²) in [5.74, 6) is 0. The molecule has 3 N–H and O–H groups in total. The standard InChI is InChI=1S/C9H7F3N4S/c10-9(11,12)6-3-5(13)1-2-7(6)17-8-14-4-15-16-8/h1-4H,13H2,(H,14,15,16). The van der Waals surface area contributed by atoms with E-state index in [-0.39, 0.29) is 10.6 Å². The summed E-state index contributed by atoms with van der Waals surface area (Å²) in [7, 11) is 0. The molecule has 0 aliphatic rings. The molecule has 17 heavy (non-hydrogen) atoms. The first kappa shape index (κ1) is 11.8. The quantitative estimate of drug-likeness (QED) is 0.814. The molecule has 1 heterocycles. The van der Waals surface area contributed by atoms with E-state index in [4.69, 9.17) is 5.73 Å². The van der Waals surface area contributed by atoms with E-state index >= 15 is 0 Å². The van der Waals surface area contributed by atoms with E-state index in [0.717, 1.165) is 17.8 Å². The van der Waals surface area contributed by atoms with Crippen molar-refractivity contribution in [3.63, 3.8) is 0 Å². The molecule has 0 saturated heterocycles. The zero-order chi connectivity index (χ0) is 12.5. The van der Waals surface area contributed by atoms with E-state index in [9.17, 15) is 13.2 Å². The van der Waals surface area contributed by atoms with Crippen LogP contribution in [0.4, 0.5) is 18.9 Å². The predicted molar refractivity (Wildman–Crippen MR) is 56.4 cm³/mol. The minimum atomic E-state index is -4.45. The van der Waals surface area contributed by atoms with Crippen LogP contribution in [0.1, 0.15) is 5.56 Å². The van der Waals surface area contributed by atoms with Crippen molar-refractivity contribution in [2.45, 2.75) is 16.2 Å². The third kappa shape index (κ3) is 2.70. The number of aromatic amines is 1. The molecule has 2 rings (SSSR count). The normalized spacial score (nSPS) is 11.7. The molecule has 1 aromatic heterocycles. The summed E-state index contributed by atoms with van der Waals surface area (Å²) in [5.41, 5.74) is 4.64. The Kier molecular flexibility index (Phi) is 2.97. The van der Waals surface area contributed by atoms with Crippen molar-refractivity contribution in [1.29, 1.82) is 0 Å². The Morgan fingerprint density at radius 1 is 1.29 bits per heavy atom. The summed E-state index contributed by atoms with van der Waals surface area (Å²) in [6.45, 7) is 0. The smallest absolute Gasteiger partial charge is 0.399 e. The van der Waals surface area contributed by atoms with E-state index < -0.39 is 11.7 Å². The van der Waals surface area contributed by atoms with Gasteiger partial charge in [-0.15, -0.1) is 0 Å². The van der Waals surface area contributed by atoms with Gasteiger partial charge in [-0.3, -0.25) is 5.10 Å². The number of nitrogen functional groups attached to an aromatic ring is 1. The van der Waals surface area contributed by atoms with Gasteiger partial charge in [0.25, 0.3) is 0 Å². The zero-order valence-electron chi connectivity index (χ0n) is 8.32. The molecule has 1 aromatic carbocycles. The van der Waals surface area contributed by atoms with Crippen LogP contribution in [-0.4, -0.2) is 15.2 Å². The molecule has 0 fully saturated rings. The van der Waals surface area contributed by atoms with Crippen LogP contribution in [-0.2, 0) is 6.18 Å². The monoisotopic (exact) mass is 260 g/mol. The minimum absolute atomic E-state index is 0.0310. The fraction of sp³-hybridized carbons (Fsp3) is 0.111. The Labute approximate surface area is 98.4 Å². The molecular weight excluding hydrogens is 253 g/mol. The van der Waals surface area contributed by atoms with Gasteiger partial charge < -0.3 is 5.73 Å². The lowest BCUT2D eigenvalue weighted by atomic mass is 10.2. The molecule has 4 nitrogen and oxygen atoms in total. The molecule has 0 saturated carbocycles. The molecule has 0 atom stereocenters. The van der Waals surface area contributed by atoms with Crippen LogP contribution < -0.4 is 5.73 Å². The van der Waals surface area contributed by atoms with Crippen LogP contribution in [0.3, 0.4) is 0 Å². The van der Waals surface area contributed by atoms with Gasteiger partial charge in [-0.2, -0.15) is 18.3 Å². The van der Waals surface area contributed by atoms with Crippen molar-refractivity contribution >= 4 is 17.4 Å². The second-order valence-corrected chi connectivity index (χ2v) is 4.18. The number of H-pyrrole nitrogens is 1. The maximum absolute atomic E-state index is 12.7. The van der Waals surface area contributed by atoms with Gasteiger partial charge in [0.05, 0.1) is 5.56 Å². The highest BCUT2D eigenvalue weighted by Crippen LogP contribution is 2.39. The number of halogens is 3. The van der Waals surface area contributed by atoms with Gasteiger partial charge in [-0.05, 0) is 30.0 Å². The Bertz CT molecular complexity index is 509. The Hall–Kier alpha value is -1.70. The molecule has 0 unspecified atom stereocenters. The van der Waals surface area contributed by atoms with Gasteiger partial charge in [0.2, 0.25) is 0 Å². The molecule has 2 aromatic rings.